The van der Waals surface area contributed by atoms with Crippen molar-refractivity contribution >= 4 is 5.78 Å². The molecule has 0 aliphatic carbocycles. The Balaban J connectivity index is 2.12. The van der Waals surface area contributed by atoms with Gasteiger partial charge in [0.1, 0.15) is 12.4 Å². The molecule has 0 atom stereocenters. The molecule has 1 aromatic carbocycles. The normalized spacial score (nSPS) is 9.94. The highest BCUT2D eigenvalue weighted by Gasteiger charge is 2.07. The van der Waals surface area contributed by atoms with Crippen molar-refractivity contribution < 1.29 is 9.53 Å². The van der Waals surface area contributed by atoms with Crippen LogP contribution in [-0.4, -0.2) is 15.8 Å². The van der Waals surface area contributed by atoms with Gasteiger partial charge in [0.2, 0.25) is 0 Å². The molecule has 0 unspecified atom stereocenters. The molecular weight excluding hydrogens is 216 g/mol. The maximum Gasteiger partial charge on any atom is 0.166 e. The smallest absolute Gasteiger partial charge is 0.166 e. The van der Waals surface area contributed by atoms with Gasteiger partial charge in [-0.15, -0.1) is 0 Å². The van der Waals surface area contributed by atoms with Crippen LogP contribution in [0.2, 0.25) is 0 Å². The van der Waals surface area contributed by atoms with Crippen LogP contribution in [0.25, 0.3) is 0 Å². The Morgan fingerprint density at radius 3 is 2.59 bits per heavy atom. The van der Waals surface area contributed by atoms with Gasteiger partial charge in [0.15, 0.2) is 11.6 Å². The van der Waals surface area contributed by atoms with Gasteiger partial charge in [0.05, 0.1) is 5.56 Å². The molecule has 0 spiro atoms. The number of carbonyl (C=O) groups excluding carboxylic acids is 1. The first-order valence-electron chi connectivity index (χ1n) is 5.26. The minimum Gasteiger partial charge on any atom is -0.485 e. The lowest BCUT2D eigenvalue weighted by Crippen LogP contribution is -2.03. The molecule has 0 saturated heterocycles. The molecule has 0 N–H and O–H groups in total. The Bertz CT molecular complexity index is 512. The van der Waals surface area contributed by atoms with Crippen LogP contribution in [0.3, 0.4) is 0 Å². The van der Waals surface area contributed by atoms with Crippen LogP contribution < -0.4 is 4.74 Å². The highest BCUT2D eigenvalue weighted by Crippen LogP contribution is 2.19. The maximum atomic E-state index is 11.4. The van der Waals surface area contributed by atoms with E-state index in [0.29, 0.717) is 17.1 Å². The second kappa shape index (κ2) is 5.21. The summed E-state index contributed by atoms with van der Waals surface area (Å²) in [6.45, 7) is 1.77. The van der Waals surface area contributed by atoms with Crippen LogP contribution in [0.15, 0.2) is 42.7 Å². The summed E-state index contributed by atoms with van der Waals surface area (Å²) in [7, 11) is 0. The third kappa shape index (κ3) is 2.87. The zero-order valence-electron chi connectivity index (χ0n) is 9.46. The number of carbonyl (C=O) groups is 1. The van der Waals surface area contributed by atoms with E-state index in [1.165, 1.54) is 6.92 Å². The fraction of sp³-hybridized carbons (Fsp3) is 0.154. The molecule has 0 bridgehead atoms. The van der Waals surface area contributed by atoms with Crippen molar-refractivity contribution in [3.63, 3.8) is 0 Å². The average Bonchev–Trinajstić information content (AvgIpc) is 2.38. The van der Waals surface area contributed by atoms with Gasteiger partial charge in [-0.25, -0.2) is 9.97 Å². The first-order chi connectivity index (χ1) is 8.27. The molecule has 4 nitrogen and oxygen atoms in total. The number of Topliss-reactive ketones (excluding diaryl/α,β-unsaturated/α-hetero) is 1. The summed E-state index contributed by atoms with van der Waals surface area (Å²) in [5.41, 5.74) is 0.573. The predicted octanol–water partition coefficient (Wildman–Crippen LogP) is 2.26. The van der Waals surface area contributed by atoms with Crippen LogP contribution in [0.4, 0.5) is 0 Å². The molecule has 2 aromatic rings. The van der Waals surface area contributed by atoms with Crippen LogP contribution in [0.1, 0.15) is 23.1 Å². The Hall–Kier alpha value is -2.23. The summed E-state index contributed by atoms with van der Waals surface area (Å²) in [4.78, 5) is 19.5. The van der Waals surface area contributed by atoms with E-state index in [4.69, 9.17) is 4.74 Å². The summed E-state index contributed by atoms with van der Waals surface area (Å²) in [6.07, 6.45) is 3.31. The van der Waals surface area contributed by atoms with Gasteiger partial charge in [0.25, 0.3) is 0 Å². The number of aromatic nitrogens is 2. The van der Waals surface area contributed by atoms with Gasteiger partial charge in [-0.05, 0) is 25.1 Å². The number of nitrogens with zero attached hydrogens (tertiary/aromatic N) is 2. The monoisotopic (exact) mass is 228 g/mol. The Morgan fingerprint density at radius 1 is 1.18 bits per heavy atom. The molecule has 4 heteroatoms. The molecular formula is C13H12N2O2. The second-order valence-electron chi connectivity index (χ2n) is 3.51. The minimum atomic E-state index is -0.0189. The quantitative estimate of drug-likeness (QED) is 0.753. The summed E-state index contributed by atoms with van der Waals surface area (Å²) in [5, 5.41) is 0. The number of benzene rings is 1. The van der Waals surface area contributed by atoms with Crippen molar-refractivity contribution in [3.05, 3.63) is 54.1 Å². The van der Waals surface area contributed by atoms with Crippen LogP contribution in [-0.2, 0) is 6.61 Å². The summed E-state index contributed by atoms with van der Waals surface area (Å²) in [6, 6.07) is 8.88. The lowest BCUT2D eigenvalue weighted by atomic mass is 10.1. The Morgan fingerprint density at radius 2 is 1.88 bits per heavy atom. The average molecular weight is 228 g/mol. The standard InChI is InChI=1S/C13H12N2O2/c1-10(16)11-5-2-3-6-12(11)17-9-13-14-7-4-8-15-13/h2-8H,9H2,1H3. The largest absolute Gasteiger partial charge is 0.485 e. The highest BCUT2D eigenvalue weighted by atomic mass is 16.5. The van der Waals surface area contributed by atoms with Crippen molar-refractivity contribution in [2.24, 2.45) is 0 Å². The second-order valence-corrected chi connectivity index (χ2v) is 3.51. The molecule has 0 aliphatic rings. The first-order valence-corrected chi connectivity index (χ1v) is 5.26. The number of ketones is 1. The molecule has 17 heavy (non-hydrogen) atoms. The van der Waals surface area contributed by atoms with E-state index < -0.39 is 0 Å². The van der Waals surface area contributed by atoms with Crippen molar-refractivity contribution in [3.8, 4) is 5.75 Å². The van der Waals surface area contributed by atoms with E-state index in [9.17, 15) is 4.79 Å². The Kier molecular flexibility index (Phi) is 3.45. The molecule has 0 saturated carbocycles. The number of rotatable bonds is 4. The molecule has 2 rings (SSSR count). The lowest BCUT2D eigenvalue weighted by molar-refractivity contribution is 0.101. The van der Waals surface area contributed by atoms with Gasteiger partial charge in [-0.2, -0.15) is 0 Å². The third-order valence-electron chi connectivity index (χ3n) is 2.24. The van der Waals surface area contributed by atoms with Gasteiger partial charge >= 0.3 is 0 Å². The van der Waals surface area contributed by atoms with Crippen molar-refractivity contribution in [2.75, 3.05) is 0 Å². The van der Waals surface area contributed by atoms with E-state index in [2.05, 4.69) is 9.97 Å². The number of hydrogen-bond acceptors (Lipinski definition) is 4. The topological polar surface area (TPSA) is 52.1 Å². The van der Waals surface area contributed by atoms with Crippen LogP contribution in [0, 0.1) is 0 Å². The van der Waals surface area contributed by atoms with Gasteiger partial charge in [-0.3, -0.25) is 4.79 Å². The molecule has 0 aliphatic heterocycles. The lowest BCUT2D eigenvalue weighted by Gasteiger charge is -2.08. The molecule has 1 heterocycles. The number of hydrogen-bond donors (Lipinski definition) is 0. The highest BCUT2D eigenvalue weighted by molar-refractivity contribution is 5.96. The predicted molar refractivity (Wildman–Crippen MR) is 62.8 cm³/mol. The zero-order chi connectivity index (χ0) is 12.1. The van der Waals surface area contributed by atoms with Crippen molar-refractivity contribution in [2.45, 2.75) is 13.5 Å². The fourth-order valence-corrected chi connectivity index (χ4v) is 1.43. The summed E-state index contributed by atoms with van der Waals surface area (Å²) >= 11 is 0. The molecule has 0 amide bonds. The maximum absolute atomic E-state index is 11.4. The van der Waals surface area contributed by atoms with Gasteiger partial charge < -0.3 is 4.74 Å². The van der Waals surface area contributed by atoms with E-state index in [0.717, 1.165) is 0 Å². The number of para-hydroxylation sites is 1. The zero-order valence-corrected chi connectivity index (χ0v) is 9.46. The molecule has 0 fully saturated rings. The molecule has 0 radical (unpaired) electrons. The van der Waals surface area contributed by atoms with Gasteiger partial charge in [-0.1, -0.05) is 12.1 Å². The fourth-order valence-electron chi connectivity index (χ4n) is 1.43. The SMILES string of the molecule is CC(=O)c1ccccc1OCc1ncccn1. The van der Waals surface area contributed by atoms with E-state index in [1.54, 1.807) is 30.6 Å². The van der Waals surface area contributed by atoms with Crippen molar-refractivity contribution in [1.29, 1.82) is 0 Å². The minimum absolute atomic E-state index is 0.0189. The first kappa shape index (κ1) is 11.3. The van der Waals surface area contributed by atoms with E-state index >= 15 is 0 Å². The molecule has 1 aromatic heterocycles. The van der Waals surface area contributed by atoms with Crippen LogP contribution >= 0.6 is 0 Å². The van der Waals surface area contributed by atoms with E-state index in [1.807, 2.05) is 12.1 Å². The summed E-state index contributed by atoms with van der Waals surface area (Å²) in [5.74, 6) is 1.13. The summed E-state index contributed by atoms with van der Waals surface area (Å²) < 4.78 is 5.54. The van der Waals surface area contributed by atoms with Gasteiger partial charge in [0, 0.05) is 12.4 Å². The molecule has 86 valence electrons. The Labute approximate surface area is 99.3 Å². The number of ether oxygens (including phenoxy) is 1. The van der Waals surface area contributed by atoms with E-state index in [-0.39, 0.29) is 12.4 Å². The third-order valence-corrected chi connectivity index (χ3v) is 2.24. The van der Waals surface area contributed by atoms with Crippen molar-refractivity contribution in [1.82, 2.24) is 9.97 Å². The van der Waals surface area contributed by atoms with Crippen LogP contribution in [0.5, 0.6) is 5.75 Å².